The molecule has 0 aliphatic heterocycles. The predicted octanol–water partition coefficient (Wildman–Crippen LogP) is 4.33. The number of ether oxygens (including phenoxy) is 1. The molecule has 0 radical (unpaired) electrons. The Labute approximate surface area is 127 Å². The van der Waals surface area contributed by atoms with Crippen LogP contribution in [0.15, 0.2) is 53.1 Å². The fourth-order valence-corrected chi connectivity index (χ4v) is 2.32. The van der Waals surface area contributed by atoms with Crippen molar-refractivity contribution in [3.05, 3.63) is 58.8 Å². The first-order valence-electron chi connectivity index (χ1n) is 6.56. The van der Waals surface area contributed by atoms with E-state index in [9.17, 15) is 4.79 Å². The zero-order valence-corrected chi connectivity index (χ0v) is 12.8. The quantitative estimate of drug-likeness (QED) is 0.603. The summed E-state index contributed by atoms with van der Waals surface area (Å²) >= 11 is 3.42. The van der Waals surface area contributed by atoms with E-state index in [4.69, 9.17) is 4.74 Å². The Bertz CT molecular complexity index is 572. The normalized spacial score (nSPS) is 11.9. The molecular formula is C16H16BrNO2. The first-order chi connectivity index (χ1) is 9.69. The second-order valence-electron chi connectivity index (χ2n) is 4.50. The standard InChI is InChI=1S/C16H16BrNO2/c1-2-12(15-11-13(17)8-9-18-15)10-16(19)20-14-6-4-3-5-7-14/h3-9,11-12H,2,10H2,1H3. The van der Waals surface area contributed by atoms with Gasteiger partial charge in [0.1, 0.15) is 5.75 Å². The molecule has 2 rings (SSSR count). The molecule has 20 heavy (non-hydrogen) atoms. The highest BCUT2D eigenvalue weighted by atomic mass is 79.9. The first kappa shape index (κ1) is 14.7. The Morgan fingerprint density at radius 3 is 2.70 bits per heavy atom. The second kappa shape index (κ2) is 7.20. The van der Waals surface area contributed by atoms with Gasteiger partial charge < -0.3 is 4.74 Å². The lowest BCUT2D eigenvalue weighted by Gasteiger charge is -2.13. The van der Waals surface area contributed by atoms with Crippen LogP contribution in [0, 0.1) is 0 Å². The van der Waals surface area contributed by atoms with Crippen molar-refractivity contribution in [2.75, 3.05) is 0 Å². The first-order valence-corrected chi connectivity index (χ1v) is 7.35. The third-order valence-corrected chi connectivity index (χ3v) is 3.54. The number of esters is 1. The van der Waals surface area contributed by atoms with E-state index in [1.807, 2.05) is 37.3 Å². The molecule has 1 atom stereocenters. The van der Waals surface area contributed by atoms with Crippen LogP contribution in [0.5, 0.6) is 5.75 Å². The summed E-state index contributed by atoms with van der Waals surface area (Å²) in [5, 5.41) is 0. The molecular weight excluding hydrogens is 318 g/mol. The Balaban J connectivity index is 2.01. The molecule has 0 N–H and O–H groups in total. The lowest BCUT2D eigenvalue weighted by Crippen LogP contribution is -2.13. The minimum Gasteiger partial charge on any atom is -0.427 e. The molecule has 3 nitrogen and oxygen atoms in total. The largest absolute Gasteiger partial charge is 0.427 e. The topological polar surface area (TPSA) is 39.2 Å². The zero-order valence-electron chi connectivity index (χ0n) is 11.3. The van der Waals surface area contributed by atoms with Gasteiger partial charge in [-0.3, -0.25) is 9.78 Å². The molecule has 1 aromatic heterocycles. The molecule has 0 fully saturated rings. The number of hydrogen-bond donors (Lipinski definition) is 0. The Morgan fingerprint density at radius 2 is 2.05 bits per heavy atom. The lowest BCUT2D eigenvalue weighted by molar-refractivity contribution is -0.134. The summed E-state index contributed by atoms with van der Waals surface area (Å²) in [4.78, 5) is 16.3. The number of aromatic nitrogens is 1. The van der Waals surface area contributed by atoms with E-state index in [0.717, 1.165) is 16.6 Å². The van der Waals surface area contributed by atoms with E-state index >= 15 is 0 Å². The van der Waals surface area contributed by atoms with Crippen molar-refractivity contribution in [1.82, 2.24) is 4.98 Å². The van der Waals surface area contributed by atoms with Crippen LogP contribution in [-0.2, 0) is 4.79 Å². The van der Waals surface area contributed by atoms with Crippen molar-refractivity contribution >= 4 is 21.9 Å². The van der Waals surface area contributed by atoms with E-state index in [-0.39, 0.29) is 11.9 Å². The lowest BCUT2D eigenvalue weighted by atomic mass is 9.98. The number of rotatable bonds is 5. The molecule has 0 bridgehead atoms. The van der Waals surface area contributed by atoms with Crippen molar-refractivity contribution < 1.29 is 9.53 Å². The molecule has 0 amide bonds. The summed E-state index contributed by atoms with van der Waals surface area (Å²) in [7, 11) is 0. The van der Waals surface area contributed by atoms with Gasteiger partial charge in [0.25, 0.3) is 0 Å². The maximum absolute atomic E-state index is 12.0. The van der Waals surface area contributed by atoms with Crippen LogP contribution in [-0.4, -0.2) is 11.0 Å². The van der Waals surface area contributed by atoms with Gasteiger partial charge >= 0.3 is 5.97 Å². The highest BCUT2D eigenvalue weighted by Crippen LogP contribution is 2.24. The fourth-order valence-electron chi connectivity index (χ4n) is 1.97. The SMILES string of the molecule is CCC(CC(=O)Oc1ccccc1)c1cc(Br)ccn1. The minimum atomic E-state index is -0.232. The molecule has 104 valence electrons. The number of para-hydroxylation sites is 1. The predicted molar refractivity (Wildman–Crippen MR) is 81.7 cm³/mol. The number of pyridine rings is 1. The van der Waals surface area contributed by atoms with Gasteiger partial charge in [-0.25, -0.2) is 0 Å². The van der Waals surface area contributed by atoms with Crippen LogP contribution < -0.4 is 4.74 Å². The van der Waals surface area contributed by atoms with Crippen molar-refractivity contribution in [3.63, 3.8) is 0 Å². The summed E-state index contributed by atoms with van der Waals surface area (Å²) in [5.74, 6) is 0.420. The summed E-state index contributed by atoms with van der Waals surface area (Å²) < 4.78 is 6.29. The van der Waals surface area contributed by atoms with Crippen LogP contribution in [0.1, 0.15) is 31.4 Å². The number of carbonyl (C=O) groups is 1. The van der Waals surface area contributed by atoms with Gasteiger partial charge in [-0.2, -0.15) is 0 Å². The Morgan fingerprint density at radius 1 is 1.30 bits per heavy atom. The maximum atomic E-state index is 12.0. The molecule has 1 aromatic carbocycles. The van der Waals surface area contributed by atoms with Crippen LogP contribution in [0.4, 0.5) is 0 Å². The Hall–Kier alpha value is -1.68. The monoisotopic (exact) mass is 333 g/mol. The van der Waals surface area contributed by atoms with Crippen molar-refractivity contribution in [1.29, 1.82) is 0 Å². The number of carbonyl (C=O) groups excluding carboxylic acids is 1. The number of benzene rings is 1. The molecule has 2 aromatic rings. The van der Waals surface area contributed by atoms with Gasteiger partial charge in [0.05, 0.1) is 6.42 Å². The van der Waals surface area contributed by atoms with E-state index in [2.05, 4.69) is 20.9 Å². The molecule has 1 heterocycles. The summed E-state index contributed by atoms with van der Waals surface area (Å²) in [5.41, 5.74) is 0.909. The van der Waals surface area contributed by atoms with E-state index in [1.54, 1.807) is 18.3 Å². The number of halogens is 1. The van der Waals surface area contributed by atoms with Crippen LogP contribution >= 0.6 is 15.9 Å². The van der Waals surface area contributed by atoms with Gasteiger partial charge in [-0.05, 0) is 30.7 Å². The van der Waals surface area contributed by atoms with Crippen LogP contribution in [0.3, 0.4) is 0 Å². The van der Waals surface area contributed by atoms with Gasteiger partial charge in [-0.1, -0.05) is 41.1 Å². The smallest absolute Gasteiger partial charge is 0.311 e. The molecule has 0 aliphatic carbocycles. The van der Waals surface area contributed by atoms with Gasteiger partial charge in [0.2, 0.25) is 0 Å². The molecule has 0 saturated heterocycles. The Kier molecular flexibility index (Phi) is 5.30. The molecule has 4 heteroatoms. The molecule has 0 spiro atoms. The average Bonchev–Trinajstić information content (AvgIpc) is 2.46. The van der Waals surface area contributed by atoms with Gasteiger partial charge in [-0.15, -0.1) is 0 Å². The van der Waals surface area contributed by atoms with Crippen molar-refractivity contribution in [2.24, 2.45) is 0 Å². The van der Waals surface area contributed by atoms with Crippen LogP contribution in [0.2, 0.25) is 0 Å². The van der Waals surface area contributed by atoms with E-state index in [0.29, 0.717) is 12.2 Å². The average molecular weight is 334 g/mol. The van der Waals surface area contributed by atoms with Gasteiger partial charge in [0, 0.05) is 22.3 Å². The fraction of sp³-hybridized carbons (Fsp3) is 0.250. The number of nitrogens with zero attached hydrogens (tertiary/aromatic N) is 1. The highest BCUT2D eigenvalue weighted by molar-refractivity contribution is 9.10. The van der Waals surface area contributed by atoms with Crippen LogP contribution in [0.25, 0.3) is 0 Å². The third kappa shape index (κ3) is 4.17. The minimum absolute atomic E-state index is 0.0729. The summed E-state index contributed by atoms with van der Waals surface area (Å²) in [6.45, 7) is 2.04. The molecule has 0 saturated carbocycles. The highest BCUT2D eigenvalue weighted by Gasteiger charge is 2.17. The second-order valence-corrected chi connectivity index (χ2v) is 5.41. The van der Waals surface area contributed by atoms with E-state index in [1.165, 1.54) is 0 Å². The zero-order chi connectivity index (χ0) is 14.4. The molecule has 0 aliphatic rings. The van der Waals surface area contributed by atoms with Gasteiger partial charge in [0.15, 0.2) is 0 Å². The van der Waals surface area contributed by atoms with Crippen molar-refractivity contribution in [2.45, 2.75) is 25.7 Å². The number of hydrogen-bond acceptors (Lipinski definition) is 3. The maximum Gasteiger partial charge on any atom is 0.311 e. The summed E-state index contributed by atoms with van der Waals surface area (Å²) in [6.07, 6.45) is 2.91. The third-order valence-electron chi connectivity index (χ3n) is 3.04. The van der Waals surface area contributed by atoms with E-state index < -0.39 is 0 Å². The van der Waals surface area contributed by atoms with Crippen molar-refractivity contribution in [3.8, 4) is 5.75 Å². The summed E-state index contributed by atoms with van der Waals surface area (Å²) in [6, 6.07) is 12.9. The molecule has 1 unspecified atom stereocenters.